The summed E-state index contributed by atoms with van der Waals surface area (Å²) in [6.45, 7) is 12.2. The van der Waals surface area contributed by atoms with Crippen LogP contribution in [0.15, 0.2) is 18.2 Å². The molecule has 1 saturated heterocycles. The average molecular weight is 414 g/mol. The minimum absolute atomic E-state index is 0.284. The van der Waals surface area contributed by atoms with Gasteiger partial charge in [0.15, 0.2) is 8.24 Å². The summed E-state index contributed by atoms with van der Waals surface area (Å²) in [6.07, 6.45) is 0.947. The summed E-state index contributed by atoms with van der Waals surface area (Å²) in [4.78, 5) is 13.2. The van der Waals surface area contributed by atoms with Gasteiger partial charge in [0.1, 0.15) is 11.4 Å². The second-order valence-corrected chi connectivity index (χ2v) is 15.8. The molecule has 0 radical (unpaired) electrons. The molecular weight excluding hydrogens is 382 g/mol. The molecular formula is C19H31NO3S2Si. The maximum Gasteiger partial charge on any atom is 0.406 e. The van der Waals surface area contributed by atoms with Crippen LogP contribution in [0.4, 0.5) is 10.5 Å². The van der Waals surface area contributed by atoms with Crippen molar-refractivity contribution in [2.24, 2.45) is 0 Å². The monoisotopic (exact) mass is 413 g/mol. The van der Waals surface area contributed by atoms with Gasteiger partial charge in [-0.25, -0.2) is 4.79 Å². The molecule has 4 nitrogen and oxygen atoms in total. The van der Waals surface area contributed by atoms with Crippen molar-refractivity contribution in [3.05, 3.63) is 23.8 Å². The summed E-state index contributed by atoms with van der Waals surface area (Å²) < 4.78 is 13.7. The zero-order valence-electron chi connectivity index (χ0n) is 16.9. The molecule has 26 heavy (non-hydrogen) atoms. The lowest BCUT2D eigenvalue weighted by Gasteiger charge is -2.38. The van der Waals surface area contributed by atoms with Gasteiger partial charge in [-0.15, -0.1) is 23.5 Å². The van der Waals surface area contributed by atoms with Crippen molar-refractivity contribution in [1.82, 2.24) is 0 Å². The molecule has 1 aromatic carbocycles. The zero-order chi connectivity index (χ0) is 19.5. The minimum Gasteiger partial charge on any atom is -0.495 e. The second kappa shape index (κ2) is 8.48. The first kappa shape index (κ1) is 21.5. The fourth-order valence-electron chi connectivity index (χ4n) is 2.81. The Kier molecular flexibility index (Phi) is 7.02. The third kappa shape index (κ3) is 5.36. The summed E-state index contributed by atoms with van der Waals surface area (Å²) >= 11 is 3.89. The number of anilines is 1. The smallest absolute Gasteiger partial charge is 0.406 e. The Bertz CT molecular complexity index is 635. The van der Waals surface area contributed by atoms with Gasteiger partial charge >= 0.3 is 6.09 Å². The Hall–Kier alpha value is -0.793. The first-order chi connectivity index (χ1) is 12.0. The zero-order valence-corrected chi connectivity index (χ0v) is 19.6. The normalized spacial score (nSPS) is 16.3. The number of rotatable bonds is 4. The van der Waals surface area contributed by atoms with Gasteiger partial charge < -0.3 is 14.0 Å². The lowest BCUT2D eigenvalue weighted by molar-refractivity contribution is 0.0604. The van der Waals surface area contributed by atoms with E-state index in [1.165, 1.54) is 6.42 Å². The molecule has 1 amide bonds. The Labute approximate surface area is 167 Å². The molecule has 0 N–H and O–H groups in total. The number of para-hydroxylation sites is 1. The number of carbonyl (C=O) groups excluding carboxylic acids is 1. The standard InChI is InChI=1S/C19H31NO3S2Si/c1-19(2,3)23-18(21)20(26(5,6)7)16-14(10-8-11-15(16)22-4)17-24-12-9-13-25-17/h8,10-11,17H,9,12-13H2,1-7H3. The van der Waals surface area contributed by atoms with Gasteiger partial charge in [0.05, 0.1) is 17.4 Å². The summed E-state index contributed by atoms with van der Waals surface area (Å²) in [5.41, 5.74) is 1.51. The fraction of sp³-hybridized carbons (Fsp3) is 0.632. The van der Waals surface area contributed by atoms with Gasteiger partial charge in [-0.3, -0.25) is 0 Å². The van der Waals surface area contributed by atoms with Gasteiger partial charge in [-0.05, 0) is 44.8 Å². The number of amides is 1. The SMILES string of the molecule is COc1cccc(C2SCCCS2)c1N(C(=O)OC(C)(C)C)[Si](C)(C)C. The first-order valence-corrected chi connectivity index (χ1v) is 14.5. The molecule has 1 aliphatic rings. The van der Waals surface area contributed by atoms with Crippen LogP contribution in [-0.4, -0.2) is 38.5 Å². The topological polar surface area (TPSA) is 38.8 Å². The number of nitrogens with zero attached hydrogens (tertiary/aromatic N) is 1. The van der Waals surface area contributed by atoms with Gasteiger partial charge in [0, 0.05) is 5.56 Å². The van der Waals surface area contributed by atoms with E-state index < -0.39 is 13.8 Å². The third-order valence-corrected chi connectivity index (χ3v) is 8.53. The van der Waals surface area contributed by atoms with E-state index >= 15 is 0 Å². The summed E-state index contributed by atoms with van der Waals surface area (Å²) in [7, 11) is -0.405. The highest BCUT2D eigenvalue weighted by Gasteiger charge is 2.38. The van der Waals surface area contributed by atoms with Crippen molar-refractivity contribution in [3.8, 4) is 5.75 Å². The maximum atomic E-state index is 13.2. The van der Waals surface area contributed by atoms with Crippen LogP contribution in [0.1, 0.15) is 37.3 Å². The highest BCUT2D eigenvalue weighted by molar-refractivity contribution is 8.16. The molecule has 1 heterocycles. The predicted molar refractivity (Wildman–Crippen MR) is 117 cm³/mol. The number of hydrogen-bond acceptors (Lipinski definition) is 5. The predicted octanol–water partition coefficient (Wildman–Crippen LogP) is 6.14. The molecule has 0 aromatic heterocycles. The van der Waals surface area contributed by atoms with Crippen LogP contribution in [0.5, 0.6) is 5.75 Å². The number of methoxy groups -OCH3 is 1. The molecule has 0 unspecified atom stereocenters. The van der Waals surface area contributed by atoms with Crippen molar-refractivity contribution in [2.45, 2.75) is 57.0 Å². The summed E-state index contributed by atoms with van der Waals surface area (Å²) in [6, 6.07) is 6.09. The molecule has 2 rings (SSSR count). The summed E-state index contributed by atoms with van der Waals surface area (Å²) in [5.74, 6) is 3.03. The van der Waals surface area contributed by atoms with Crippen molar-refractivity contribution in [2.75, 3.05) is 23.2 Å². The lowest BCUT2D eigenvalue weighted by Crippen LogP contribution is -2.52. The molecule has 0 bridgehead atoms. The van der Waals surface area contributed by atoms with E-state index in [0.717, 1.165) is 28.5 Å². The van der Waals surface area contributed by atoms with Gasteiger partial charge in [0.25, 0.3) is 0 Å². The van der Waals surface area contributed by atoms with Crippen LogP contribution in [0.2, 0.25) is 19.6 Å². The minimum atomic E-state index is -2.07. The van der Waals surface area contributed by atoms with Gasteiger partial charge in [-0.2, -0.15) is 0 Å². The fourth-order valence-corrected chi connectivity index (χ4v) is 7.25. The van der Waals surface area contributed by atoms with Crippen LogP contribution in [0, 0.1) is 0 Å². The maximum absolute atomic E-state index is 13.2. The van der Waals surface area contributed by atoms with E-state index in [-0.39, 0.29) is 6.09 Å². The third-order valence-electron chi connectivity index (χ3n) is 3.80. The van der Waals surface area contributed by atoms with E-state index in [0.29, 0.717) is 4.58 Å². The first-order valence-electron chi connectivity index (χ1n) is 8.98. The highest BCUT2D eigenvalue weighted by atomic mass is 32.2. The molecule has 0 atom stereocenters. The van der Waals surface area contributed by atoms with Crippen molar-refractivity contribution in [1.29, 1.82) is 0 Å². The van der Waals surface area contributed by atoms with E-state index in [4.69, 9.17) is 9.47 Å². The van der Waals surface area contributed by atoms with E-state index in [2.05, 4.69) is 25.7 Å². The van der Waals surface area contributed by atoms with E-state index in [9.17, 15) is 4.79 Å². The Balaban J connectivity index is 2.57. The van der Waals surface area contributed by atoms with Gasteiger partial charge in [-0.1, -0.05) is 31.8 Å². The molecule has 0 saturated carbocycles. The summed E-state index contributed by atoms with van der Waals surface area (Å²) in [5, 5.41) is 0. The van der Waals surface area contributed by atoms with Crippen molar-refractivity contribution in [3.63, 3.8) is 0 Å². The Morgan fingerprint density at radius 1 is 1.19 bits per heavy atom. The van der Waals surface area contributed by atoms with Crippen molar-refractivity contribution < 1.29 is 14.3 Å². The van der Waals surface area contributed by atoms with Crippen LogP contribution in [0.25, 0.3) is 0 Å². The molecule has 0 spiro atoms. The quantitative estimate of drug-likeness (QED) is 0.554. The second-order valence-electron chi connectivity index (χ2n) is 8.31. The largest absolute Gasteiger partial charge is 0.495 e. The Morgan fingerprint density at radius 3 is 2.31 bits per heavy atom. The van der Waals surface area contributed by atoms with Gasteiger partial charge in [0.2, 0.25) is 0 Å². The number of carbonyl (C=O) groups is 1. The van der Waals surface area contributed by atoms with Crippen LogP contribution in [0.3, 0.4) is 0 Å². The molecule has 1 aliphatic heterocycles. The molecule has 0 aliphatic carbocycles. The number of thioether (sulfide) groups is 2. The van der Waals surface area contributed by atoms with E-state index in [1.807, 2.05) is 61.0 Å². The molecule has 1 fully saturated rings. The van der Waals surface area contributed by atoms with Crippen molar-refractivity contribution >= 4 is 43.5 Å². The Morgan fingerprint density at radius 2 is 1.81 bits per heavy atom. The number of benzene rings is 1. The van der Waals surface area contributed by atoms with E-state index in [1.54, 1.807) is 7.11 Å². The lowest BCUT2D eigenvalue weighted by atomic mass is 10.1. The van der Waals surface area contributed by atoms with Crippen LogP contribution in [-0.2, 0) is 4.74 Å². The highest BCUT2D eigenvalue weighted by Crippen LogP contribution is 2.50. The molecule has 1 aromatic rings. The van der Waals surface area contributed by atoms with Crippen LogP contribution < -0.4 is 9.30 Å². The molecule has 146 valence electrons. The molecule has 7 heteroatoms. The number of hydrogen-bond donors (Lipinski definition) is 0. The van der Waals surface area contributed by atoms with Crippen LogP contribution >= 0.6 is 23.5 Å². The average Bonchev–Trinajstić information content (AvgIpc) is 2.53. The number of ether oxygens (including phenoxy) is 2.